The van der Waals surface area contributed by atoms with Crippen molar-refractivity contribution in [3.05, 3.63) is 59.7 Å². The molecule has 146 valence electrons. The standard InChI is InChI=1S/C21H22N2O5/c1-15-6-2-3-7-16(15)12-22-19(24)13-28-21(26)10-11-23-17-8-4-5-9-18(17)27-14-20(23)25/h2-9H,10-14H2,1H3,(H,22,24). The Bertz CT molecular complexity index is 881. The van der Waals surface area contributed by atoms with E-state index in [4.69, 9.17) is 9.47 Å². The number of rotatable bonds is 7. The summed E-state index contributed by atoms with van der Waals surface area (Å²) in [5.41, 5.74) is 2.71. The number of benzene rings is 2. The molecule has 1 heterocycles. The first-order chi connectivity index (χ1) is 13.5. The number of fused-ring (bicyclic) bond motifs is 1. The van der Waals surface area contributed by atoms with Crippen molar-refractivity contribution in [1.29, 1.82) is 0 Å². The Hall–Kier alpha value is -3.35. The maximum absolute atomic E-state index is 12.1. The number of nitrogens with one attached hydrogen (secondary N) is 1. The summed E-state index contributed by atoms with van der Waals surface area (Å²) in [6.07, 6.45) is -0.00878. The molecular weight excluding hydrogens is 360 g/mol. The maximum atomic E-state index is 12.1. The molecule has 0 spiro atoms. The van der Waals surface area contributed by atoms with Gasteiger partial charge in [0.05, 0.1) is 12.1 Å². The van der Waals surface area contributed by atoms with Gasteiger partial charge in [-0.2, -0.15) is 0 Å². The first-order valence-corrected chi connectivity index (χ1v) is 9.03. The molecule has 0 saturated heterocycles. The van der Waals surface area contributed by atoms with Gasteiger partial charge in [-0.25, -0.2) is 0 Å². The highest BCUT2D eigenvalue weighted by Gasteiger charge is 2.25. The number of aryl methyl sites for hydroxylation is 1. The van der Waals surface area contributed by atoms with Crippen molar-refractivity contribution < 1.29 is 23.9 Å². The summed E-state index contributed by atoms with van der Waals surface area (Å²) in [5.74, 6) is -0.527. The Balaban J connectivity index is 1.43. The first-order valence-electron chi connectivity index (χ1n) is 9.03. The maximum Gasteiger partial charge on any atom is 0.308 e. The molecule has 0 radical (unpaired) electrons. The Morgan fingerprint density at radius 2 is 1.89 bits per heavy atom. The molecule has 0 atom stereocenters. The van der Waals surface area contributed by atoms with Crippen molar-refractivity contribution >= 4 is 23.5 Å². The van der Waals surface area contributed by atoms with E-state index in [0.717, 1.165) is 11.1 Å². The second-order valence-corrected chi connectivity index (χ2v) is 6.42. The number of hydrogen-bond acceptors (Lipinski definition) is 5. The zero-order chi connectivity index (χ0) is 19.9. The van der Waals surface area contributed by atoms with E-state index in [1.165, 1.54) is 4.90 Å². The highest BCUT2D eigenvalue weighted by molar-refractivity contribution is 5.98. The lowest BCUT2D eigenvalue weighted by atomic mass is 10.1. The minimum Gasteiger partial charge on any atom is -0.482 e. The Morgan fingerprint density at radius 3 is 2.71 bits per heavy atom. The lowest BCUT2D eigenvalue weighted by Crippen LogP contribution is -2.40. The van der Waals surface area contributed by atoms with Crippen LogP contribution in [0.2, 0.25) is 0 Å². The lowest BCUT2D eigenvalue weighted by molar-refractivity contribution is -0.148. The van der Waals surface area contributed by atoms with Crippen LogP contribution in [-0.4, -0.2) is 37.5 Å². The first kappa shape index (κ1) is 19.4. The van der Waals surface area contributed by atoms with E-state index in [1.807, 2.05) is 37.3 Å². The zero-order valence-electron chi connectivity index (χ0n) is 15.6. The number of carbonyl (C=O) groups excluding carboxylic acids is 3. The van der Waals surface area contributed by atoms with Gasteiger partial charge in [-0.1, -0.05) is 36.4 Å². The normalized spacial score (nSPS) is 12.8. The third-order valence-corrected chi connectivity index (χ3v) is 4.45. The van der Waals surface area contributed by atoms with Crippen LogP contribution >= 0.6 is 0 Å². The van der Waals surface area contributed by atoms with Gasteiger partial charge in [0, 0.05) is 13.1 Å². The van der Waals surface area contributed by atoms with Crippen LogP contribution in [0, 0.1) is 6.92 Å². The number of nitrogens with zero attached hydrogens (tertiary/aromatic N) is 1. The fourth-order valence-electron chi connectivity index (χ4n) is 2.87. The molecule has 0 aliphatic carbocycles. The van der Waals surface area contributed by atoms with Gasteiger partial charge in [0.2, 0.25) is 0 Å². The molecule has 28 heavy (non-hydrogen) atoms. The van der Waals surface area contributed by atoms with Gasteiger partial charge in [0.1, 0.15) is 5.75 Å². The molecule has 2 aromatic rings. The quantitative estimate of drug-likeness (QED) is 0.740. The van der Waals surface area contributed by atoms with E-state index in [9.17, 15) is 14.4 Å². The largest absolute Gasteiger partial charge is 0.482 e. The van der Waals surface area contributed by atoms with Gasteiger partial charge in [-0.05, 0) is 30.2 Å². The monoisotopic (exact) mass is 382 g/mol. The molecule has 7 heteroatoms. The predicted molar refractivity (Wildman–Crippen MR) is 103 cm³/mol. The molecule has 2 amide bonds. The molecular formula is C21H22N2O5. The SMILES string of the molecule is Cc1ccccc1CNC(=O)COC(=O)CCN1C(=O)COc2ccccc21. The van der Waals surface area contributed by atoms with Crippen molar-refractivity contribution in [3.63, 3.8) is 0 Å². The van der Waals surface area contributed by atoms with Crippen LogP contribution in [0.3, 0.4) is 0 Å². The minimum absolute atomic E-state index is 0.00878. The summed E-state index contributed by atoms with van der Waals surface area (Å²) < 4.78 is 10.4. The van der Waals surface area contributed by atoms with Crippen molar-refractivity contribution in [3.8, 4) is 5.75 Å². The molecule has 1 N–H and O–H groups in total. The number of hydrogen-bond donors (Lipinski definition) is 1. The van der Waals surface area contributed by atoms with Gasteiger partial charge in [-0.3, -0.25) is 14.4 Å². The van der Waals surface area contributed by atoms with Crippen molar-refractivity contribution in [2.24, 2.45) is 0 Å². The molecule has 0 saturated carbocycles. The highest BCUT2D eigenvalue weighted by Crippen LogP contribution is 2.31. The van der Waals surface area contributed by atoms with E-state index in [-0.39, 0.29) is 38.0 Å². The van der Waals surface area contributed by atoms with E-state index in [1.54, 1.807) is 18.2 Å². The smallest absolute Gasteiger partial charge is 0.308 e. The summed E-state index contributed by atoms with van der Waals surface area (Å²) in [6.45, 7) is 2.10. The van der Waals surface area contributed by atoms with Crippen molar-refractivity contribution in [1.82, 2.24) is 5.32 Å². The topological polar surface area (TPSA) is 84.9 Å². The number of carbonyl (C=O) groups is 3. The van der Waals surface area contributed by atoms with Crippen LogP contribution in [-0.2, 0) is 25.7 Å². The number of anilines is 1. The summed E-state index contributed by atoms with van der Waals surface area (Å²) in [7, 11) is 0. The number of amides is 2. The fourth-order valence-corrected chi connectivity index (χ4v) is 2.87. The van der Waals surface area contributed by atoms with Crippen LogP contribution in [0.4, 0.5) is 5.69 Å². The van der Waals surface area contributed by atoms with Gasteiger partial charge < -0.3 is 19.7 Å². The van der Waals surface area contributed by atoms with Crippen molar-refractivity contribution in [2.75, 3.05) is 24.7 Å². The van der Waals surface area contributed by atoms with Gasteiger partial charge >= 0.3 is 5.97 Å². The van der Waals surface area contributed by atoms with Crippen LogP contribution in [0.25, 0.3) is 0 Å². The number of esters is 1. The third kappa shape index (κ3) is 4.88. The number of para-hydroxylation sites is 2. The average Bonchev–Trinajstić information content (AvgIpc) is 2.71. The third-order valence-electron chi connectivity index (χ3n) is 4.45. The molecule has 2 aromatic carbocycles. The van der Waals surface area contributed by atoms with Crippen LogP contribution in [0.1, 0.15) is 17.5 Å². The Morgan fingerprint density at radius 1 is 1.14 bits per heavy atom. The number of ether oxygens (including phenoxy) is 2. The summed E-state index contributed by atoms with van der Waals surface area (Å²) in [4.78, 5) is 37.4. The molecule has 0 fully saturated rings. The summed E-state index contributed by atoms with van der Waals surface area (Å²) in [6, 6.07) is 14.9. The van der Waals surface area contributed by atoms with Crippen LogP contribution in [0.5, 0.6) is 5.75 Å². The van der Waals surface area contributed by atoms with Gasteiger partial charge in [0.25, 0.3) is 11.8 Å². The second kappa shape index (κ2) is 9.03. The summed E-state index contributed by atoms with van der Waals surface area (Å²) in [5, 5.41) is 2.72. The molecule has 0 bridgehead atoms. The molecule has 0 aromatic heterocycles. The highest BCUT2D eigenvalue weighted by atomic mass is 16.5. The zero-order valence-corrected chi connectivity index (χ0v) is 15.6. The molecule has 1 aliphatic heterocycles. The average molecular weight is 382 g/mol. The predicted octanol–water partition coefficient (Wildman–Crippen LogP) is 1.97. The van der Waals surface area contributed by atoms with E-state index in [2.05, 4.69) is 5.32 Å². The van der Waals surface area contributed by atoms with Gasteiger partial charge in [0.15, 0.2) is 13.2 Å². The molecule has 1 aliphatic rings. The molecule has 0 unspecified atom stereocenters. The van der Waals surface area contributed by atoms with Gasteiger partial charge in [-0.15, -0.1) is 0 Å². The molecule has 3 rings (SSSR count). The van der Waals surface area contributed by atoms with Crippen LogP contribution in [0.15, 0.2) is 48.5 Å². The summed E-state index contributed by atoms with van der Waals surface area (Å²) >= 11 is 0. The minimum atomic E-state index is -0.539. The fraction of sp³-hybridized carbons (Fsp3) is 0.286. The van der Waals surface area contributed by atoms with Crippen molar-refractivity contribution in [2.45, 2.75) is 19.9 Å². The van der Waals surface area contributed by atoms with Crippen LogP contribution < -0.4 is 15.0 Å². The second-order valence-electron chi connectivity index (χ2n) is 6.42. The van der Waals surface area contributed by atoms with E-state index < -0.39 is 5.97 Å². The van der Waals surface area contributed by atoms with E-state index in [0.29, 0.717) is 18.0 Å². The lowest BCUT2D eigenvalue weighted by Gasteiger charge is -2.28. The Kier molecular flexibility index (Phi) is 6.26. The Labute approximate surface area is 163 Å². The molecule has 7 nitrogen and oxygen atoms in total. The van der Waals surface area contributed by atoms with E-state index >= 15 is 0 Å².